The van der Waals surface area contributed by atoms with E-state index in [-0.39, 0.29) is 0 Å². The van der Waals surface area contributed by atoms with E-state index in [9.17, 15) is 0 Å². The molecule has 0 N–H and O–H groups in total. The second-order valence-electron chi connectivity index (χ2n) is 4.29. The van der Waals surface area contributed by atoms with E-state index < -0.39 is 0 Å². The highest BCUT2D eigenvalue weighted by Crippen LogP contribution is 2.28. The second kappa shape index (κ2) is 4.35. The van der Waals surface area contributed by atoms with Crippen molar-refractivity contribution in [3.8, 4) is 11.8 Å². The minimum absolute atomic E-state index is 0.368. The lowest BCUT2D eigenvalue weighted by molar-refractivity contribution is 0.205. The summed E-state index contributed by atoms with van der Waals surface area (Å²) >= 11 is 0. The fourth-order valence-electron chi connectivity index (χ4n) is 2.06. The van der Waals surface area contributed by atoms with Crippen molar-refractivity contribution in [1.82, 2.24) is 0 Å². The number of benzene rings is 1. The van der Waals surface area contributed by atoms with Gasteiger partial charge in [-0.25, -0.2) is 0 Å². The highest BCUT2D eigenvalue weighted by molar-refractivity contribution is 5.34. The van der Waals surface area contributed by atoms with Crippen molar-refractivity contribution >= 4 is 0 Å². The van der Waals surface area contributed by atoms with Gasteiger partial charge >= 0.3 is 0 Å². The van der Waals surface area contributed by atoms with Crippen molar-refractivity contribution in [3.63, 3.8) is 0 Å². The quantitative estimate of drug-likeness (QED) is 0.736. The van der Waals surface area contributed by atoms with Crippen molar-refractivity contribution < 1.29 is 4.74 Å². The van der Waals surface area contributed by atoms with Crippen LogP contribution >= 0.6 is 0 Å². The Morgan fingerprint density at radius 3 is 2.53 bits per heavy atom. The van der Waals surface area contributed by atoms with Gasteiger partial charge in [-0.2, -0.15) is 5.26 Å². The third-order valence-corrected chi connectivity index (χ3v) is 2.93. The zero-order chi connectivity index (χ0) is 10.7. The molecule has 0 aromatic heterocycles. The fourth-order valence-corrected chi connectivity index (χ4v) is 2.06. The van der Waals surface area contributed by atoms with E-state index in [2.05, 4.69) is 13.0 Å². The van der Waals surface area contributed by atoms with Crippen LogP contribution in [0.25, 0.3) is 0 Å². The Hall–Kier alpha value is -1.49. The molecule has 1 fully saturated rings. The van der Waals surface area contributed by atoms with E-state index in [1.807, 2.05) is 12.1 Å². The summed E-state index contributed by atoms with van der Waals surface area (Å²) in [5.74, 6) is 1.67. The van der Waals surface area contributed by atoms with Crippen LogP contribution in [0.4, 0.5) is 0 Å². The molecule has 1 aliphatic carbocycles. The molecule has 78 valence electrons. The standard InChI is InChI=1S/C13H15NO/c1-10-2-5-13(8-10)15-12-6-3-11(9-14)4-7-12/h3-4,6-7,10,13H,2,5,8H2,1H3/t10-,13?/m0/s1. The summed E-state index contributed by atoms with van der Waals surface area (Å²) in [6.45, 7) is 2.27. The van der Waals surface area contributed by atoms with Gasteiger partial charge in [0.1, 0.15) is 5.75 Å². The molecule has 1 aliphatic rings. The van der Waals surface area contributed by atoms with Gasteiger partial charge in [-0.05, 0) is 49.4 Å². The first-order chi connectivity index (χ1) is 7.28. The molecule has 0 radical (unpaired) electrons. The van der Waals surface area contributed by atoms with Crippen LogP contribution in [0.15, 0.2) is 24.3 Å². The van der Waals surface area contributed by atoms with Crippen LogP contribution in [0, 0.1) is 17.2 Å². The first kappa shape index (κ1) is 10.0. The lowest BCUT2D eigenvalue weighted by Crippen LogP contribution is -2.11. The summed E-state index contributed by atoms with van der Waals surface area (Å²) in [5.41, 5.74) is 0.683. The fraction of sp³-hybridized carbons (Fsp3) is 0.462. The summed E-state index contributed by atoms with van der Waals surface area (Å²) in [5, 5.41) is 8.66. The van der Waals surface area contributed by atoms with Crippen LogP contribution in [-0.2, 0) is 0 Å². The molecule has 15 heavy (non-hydrogen) atoms. The molecule has 2 heteroatoms. The van der Waals surface area contributed by atoms with Gasteiger partial charge in [-0.3, -0.25) is 0 Å². The first-order valence-electron chi connectivity index (χ1n) is 5.45. The number of ether oxygens (including phenoxy) is 1. The molecule has 2 rings (SSSR count). The van der Waals surface area contributed by atoms with Crippen molar-refractivity contribution in [2.24, 2.45) is 5.92 Å². The molecule has 0 aliphatic heterocycles. The third-order valence-electron chi connectivity index (χ3n) is 2.93. The summed E-state index contributed by atoms with van der Waals surface area (Å²) in [6.07, 6.45) is 3.94. The number of hydrogen-bond donors (Lipinski definition) is 0. The van der Waals surface area contributed by atoms with E-state index in [1.54, 1.807) is 12.1 Å². The SMILES string of the molecule is C[C@H]1CCC(Oc2ccc(C#N)cc2)C1. The van der Waals surface area contributed by atoms with Crippen molar-refractivity contribution in [2.45, 2.75) is 32.3 Å². The Morgan fingerprint density at radius 1 is 1.27 bits per heavy atom. The molecule has 2 nitrogen and oxygen atoms in total. The van der Waals surface area contributed by atoms with E-state index in [4.69, 9.17) is 10.00 Å². The lowest BCUT2D eigenvalue weighted by atomic mass is 10.1. The van der Waals surface area contributed by atoms with Gasteiger partial charge in [0.25, 0.3) is 0 Å². The topological polar surface area (TPSA) is 33.0 Å². The summed E-state index contributed by atoms with van der Waals surface area (Å²) in [4.78, 5) is 0. The lowest BCUT2D eigenvalue weighted by Gasteiger charge is -2.13. The van der Waals surface area contributed by atoms with Crippen molar-refractivity contribution in [3.05, 3.63) is 29.8 Å². The van der Waals surface area contributed by atoms with Crippen molar-refractivity contribution in [1.29, 1.82) is 5.26 Å². The van der Waals surface area contributed by atoms with Gasteiger partial charge < -0.3 is 4.74 Å². The zero-order valence-corrected chi connectivity index (χ0v) is 8.94. The van der Waals surface area contributed by atoms with Gasteiger partial charge in [-0.15, -0.1) is 0 Å². The Morgan fingerprint density at radius 2 is 2.00 bits per heavy atom. The second-order valence-corrected chi connectivity index (χ2v) is 4.29. The maximum atomic E-state index is 8.66. The van der Waals surface area contributed by atoms with Crippen LogP contribution < -0.4 is 4.74 Å². The third kappa shape index (κ3) is 2.50. The van der Waals surface area contributed by atoms with Gasteiger partial charge in [0.15, 0.2) is 0 Å². The minimum atomic E-state index is 0.368. The Labute approximate surface area is 90.5 Å². The summed E-state index contributed by atoms with van der Waals surface area (Å²) in [7, 11) is 0. The molecule has 0 saturated heterocycles. The van der Waals surface area contributed by atoms with Gasteiger partial charge in [-0.1, -0.05) is 6.92 Å². The normalized spacial score (nSPS) is 24.8. The maximum Gasteiger partial charge on any atom is 0.119 e. The van der Waals surface area contributed by atoms with Gasteiger partial charge in [0.05, 0.1) is 17.7 Å². The molecule has 1 aromatic rings. The number of nitriles is 1. The number of rotatable bonds is 2. The van der Waals surface area contributed by atoms with Gasteiger partial charge in [0.2, 0.25) is 0 Å². The molecule has 0 amide bonds. The zero-order valence-electron chi connectivity index (χ0n) is 8.94. The van der Waals surface area contributed by atoms with Crippen LogP contribution in [0.1, 0.15) is 31.7 Å². The van der Waals surface area contributed by atoms with E-state index >= 15 is 0 Å². The first-order valence-corrected chi connectivity index (χ1v) is 5.45. The van der Waals surface area contributed by atoms with Crippen LogP contribution in [0.2, 0.25) is 0 Å². The van der Waals surface area contributed by atoms with E-state index in [0.717, 1.165) is 24.5 Å². The van der Waals surface area contributed by atoms with E-state index in [0.29, 0.717) is 11.7 Å². The number of nitrogens with zero attached hydrogens (tertiary/aromatic N) is 1. The molecule has 0 spiro atoms. The summed E-state index contributed by atoms with van der Waals surface area (Å²) in [6, 6.07) is 9.45. The molecule has 0 bridgehead atoms. The predicted molar refractivity (Wildman–Crippen MR) is 58.6 cm³/mol. The summed E-state index contributed by atoms with van der Waals surface area (Å²) < 4.78 is 5.84. The average molecular weight is 201 g/mol. The number of hydrogen-bond acceptors (Lipinski definition) is 2. The molecule has 1 aromatic carbocycles. The molecular formula is C13H15NO. The monoisotopic (exact) mass is 201 g/mol. The maximum absolute atomic E-state index is 8.66. The largest absolute Gasteiger partial charge is 0.490 e. The molecule has 1 saturated carbocycles. The average Bonchev–Trinajstić information content (AvgIpc) is 2.65. The molecule has 2 atom stereocenters. The van der Waals surface area contributed by atoms with Crippen LogP contribution in [0.5, 0.6) is 5.75 Å². The molecule has 0 heterocycles. The minimum Gasteiger partial charge on any atom is -0.490 e. The van der Waals surface area contributed by atoms with Crippen molar-refractivity contribution in [2.75, 3.05) is 0 Å². The van der Waals surface area contributed by atoms with E-state index in [1.165, 1.54) is 6.42 Å². The smallest absolute Gasteiger partial charge is 0.119 e. The molecule has 1 unspecified atom stereocenters. The Kier molecular flexibility index (Phi) is 2.91. The van der Waals surface area contributed by atoms with Gasteiger partial charge in [0, 0.05) is 0 Å². The Balaban J connectivity index is 1.96. The van der Waals surface area contributed by atoms with Crippen LogP contribution in [0.3, 0.4) is 0 Å². The van der Waals surface area contributed by atoms with Crippen LogP contribution in [-0.4, -0.2) is 6.10 Å². The predicted octanol–water partition coefficient (Wildman–Crippen LogP) is 3.13. The highest BCUT2D eigenvalue weighted by Gasteiger charge is 2.22. The Bertz CT molecular complexity index is 363. The molecular weight excluding hydrogens is 186 g/mol. The highest BCUT2D eigenvalue weighted by atomic mass is 16.5.